The Labute approximate surface area is 149 Å². The molecule has 1 N–H and O–H groups in total. The van der Waals surface area contributed by atoms with Gasteiger partial charge in [0.2, 0.25) is 0 Å². The smallest absolute Gasteiger partial charge is 0.269 e. The third-order valence-corrected chi connectivity index (χ3v) is 4.45. The van der Waals surface area contributed by atoms with E-state index in [1.165, 1.54) is 6.08 Å². The predicted molar refractivity (Wildman–Crippen MR) is 93.3 cm³/mol. The molecule has 0 atom stereocenters. The third kappa shape index (κ3) is 3.00. The van der Waals surface area contributed by atoms with E-state index in [0.717, 1.165) is 11.1 Å². The number of furan rings is 1. The van der Waals surface area contributed by atoms with Gasteiger partial charge < -0.3 is 4.42 Å². The van der Waals surface area contributed by atoms with Crippen LogP contribution in [0.15, 0.2) is 51.5 Å². The Morgan fingerprint density at radius 1 is 1.16 bits per heavy atom. The van der Waals surface area contributed by atoms with Crippen LogP contribution in [-0.4, -0.2) is 11.8 Å². The molecule has 2 heterocycles. The minimum atomic E-state index is -0.683. The Bertz CT molecular complexity index is 1010. The first kappa shape index (κ1) is 16.7. The Hall–Kier alpha value is -3.10. The lowest BCUT2D eigenvalue weighted by Gasteiger charge is -2.15. The molecule has 0 saturated heterocycles. The monoisotopic (exact) mass is 352 g/mol. The molecule has 6 heteroatoms. The molecule has 0 bridgehead atoms. The molecule has 2 amide bonds. The fourth-order valence-electron chi connectivity index (χ4n) is 2.61. The maximum absolute atomic E-state index is 12.1. The number of nitrogens with zero attached hydrogens (tertiary/aromatic N) is 1. The summed E-state index contributed by atoms with van der Waals surface area (Å²) in [5, 5.41) is 11.9. The molecule has 1 aliphatic rings. The SMILES string of the molecule is CC1=C(C#N)C(=O)NC(=O)/C1=C/c1ccc(-c2cccc(Cl)c2C)o1. The van der Waals surface area contributed by atoms with E-state index in [4.69, 9.17) is 21.3 Å². The highest BCUT2D eigenvalue weighted by molar-refractivity contribution is 6.31. The van der Waals surface area contributed by atoms with Crippen LogP contribution in [0.4, 0.5) is 0 Å². The Balaban J connectivity index is 2.04. The van der Waals surface area contributed by atoms with Crippen molar-refractivity contribution in [3.05, 3.63) is 63.4 Å². The number of rotatable bonds is 2. The summed E-state index contributed by atoms with van der Waals surface area (Å²) in [6.07, 6.45) is 1.51. The lowest BCUT2D eigenvalue weighted by atomic mass is 9.96. The van der Waals surface area contributed by atoms with Crippen LogP contribution in [0.1, 0.15) is 18.2 Å². The molecule has 25 heavy (non-hydrogen) atoms. The summed E-state index contributed by atoms with van der Waals surface area (Å²) in [5.41, 5.74) is 2.21. The van der Waals surface area contributed by atoms with Crippen molar-refractivity contribution in [2.45, 2.75) is 13.8 Å². The minimum absolute atomic E-state index is 0.0803. The van der Waals surface area contributed by atoms with Gasteiger partial charge in [0.25, 0.3) is 11.8 Å². The maximum atomic E-state index is 12.1. The summed E-state index contributed by atoms with van der Waals surface area (Å²) < 4.78 is 5.80. The summed E-state index contributed by atoms with van der Waals surface area (Å²) in [7, 11) is 0. The average Bonchev–Trinajstić information content (AvgIpc) is 3.03. The molecular weight excluding hydrogens is 340 g/mol. The highest BCUT2D eigenvalue weighted by atomic mass is 35.5. The number of nitrogens with one attached hydrogen (secondary N) is 1. The second kappa shape index (κ2) is 6.42. The summed E-state index contributed by atoms with van der Waals surface area (Å²) >= 11 is 6.13. The first-order valence-electron chi connectivity index (χ1n) is 7.46. The van der Waals surface area contributed by atoms with E-state index in [1.54, 1.807) is 25.1 Å². The predicted octanol–water partition coefficient (Wildman–Crippen LogP) is 3.79. The first-order valence-corrected chi connectivity index (χ1v) is 7.84. The first-order chi connectivity index (χ1) is 11.9. The standard InChI is InChI=1S/C19H13ClN2O3/c1-10-14(18(23)22-19(24)15(10)9-21)8-12-6-7-17(25-12)13-4-3-5-16(20)11(13)2/h3-8H,1-2H3,(H,22,23,24)/b14-8+. The van der Waals surface area contributed by atoms with Crippen molar-refractivity contribution >= 4 is 29.5 Å². The Morgan fingerprint density at radius 3 is 2.64 bits per heavy atom. The van der Waals surface area contributed by atoms with Gasteiger partial charge in [0.05, 0.1) is 0 Å². The largest absolute Gasteiger partial charge is 0.457 e. The molecule has 0 radical (unpaired) electrons. The average molecular weight is 353 g/mol. The van der Waals surface area contributed by atoms with E-state index in [-0.39, 0.29) is 11.1 Å². The van der Waals surface area contributed by atoms with Crippen LogP contribution in [0.3, 0.4) is 0 Å². The van der Waals surface area contributed by atoms with Gasteiger partial charge in [0.15, 0.2) is 0 Å². The van der Waals surface area contributed by atoms with Crippen LogP contribution in [0.25, 0.3) is 17.4 Å². The van der Waals surface area contributed by atoms with E-state index in [9.17, 15) is 9.59 Å². The number of carbonyl (C=O) groups excluding carboxylic acids is 2. The lowest BCUT2D eigenvalue weighted by molar-refractivity contribution is -0.126. The topological polar surface area (TPSA) is 83.1 Å². The second-order valence-corrected chi connectivity index (χ2v) is 5.97. The van der Waals surface area contributed by atoms with Crippen LogP contribution in [0, 0.1) is 18.3 Å². The molecule has 1 aromatic carbocycles. The normalized spacial score (nSPS) is 16.2. The fourth-order valence-corrected chi connectivity index (χ4v) is 2.78. The van der Waals surface area contributed by atoms with Crippen molar-refractivity contribution in [1.82, 2.24) is 5.32 Å². The van der Waals surface area contributed by atoms with E-state index < -0.39 is 11.8 Å². The highest BCUT2D eigenvalue weighted by Gasteiger charge is 2.27. The van der Waals surface area contributed by atoms with Gasteiger partial charge in [-0.2, -0.15) is 5.26 Å². The van der Waals surface area contributed by atoms with Gasteiger partial charge in [-0.3, -0.25) is 14.9 Å². The summed E-state index contributed by atoms with van der Waals surface area (Å²) in [4.78, 5) is 23.7. The molecule has 124 valence electrons. The van der Waals surface area contributed by atoms with Gasteiger partial charge in [-0.1, -0.05) is 23.7 Å². The molecule has 0 fully saturated rings. The summed E-state index contributed by atoms with van der Waals surface area (Å²) in [5.74, 6) is -0.193. The van der Waals surface area contributed by atoms with E-state index >= 15 is 0 Å². The van der Waals surface area contributed by atoms with E-state index in [0.29, 0.717) is 22.1 Å². The molecule has 0 saturated carbocycles. The van der Waals surface area contributed by atoms with Crippen molar-refractivity contribution in [1.29, 1.82) is 5.26 Å². The number of hydrogen-bond donors (Lipinski definition) is 1. The number of halogens is 1. The van der Waals surface area contributed by atoms with Crippen molar-refractivity contribution in [2.24, 2.45) is 0 Å². The Kier molecular flexibility index (Phi) is 4.30. The zero-order chi connectivity index (χ0) is 18.1. The number of benzene rings is 1. The molecule has 0 unspecified atom stereocenters. The van der Waals surface area contributed by atoms with Gasteiger partial charge in [-0.05, 0) is 49.3 Å². The van der Waals surface area contributed by atoms with Crippen LogP contribution in [0.2, 0.25) is 5.02 Å². The lowest BCUT2D eigenvalue weighted by Crippen LogP contribution is -2.37. The van der Waals surface area contributed by atoms with Gasteiger partial charge in [-0.15, -0.1) is 0 Å². The van der Waals surface area contributed by atoms with Crippen LogP contribution >= 0.6 is 11.6 Å². The molecule has 3 rings (SSSR count). The summed E-state index contributed by atoms with van der Waals surface area (Å²) in [6.45, 7) is 3.45. The fraction of sp³-hybridized carbons (Fsp3) is 0.105. The molecule has 2 aromatic rings. The van der Waals surface area contributed by atoms with Crippen molar-refractivity contribution < 1.29 is 14.0 Å². The van der Waals surface area contributed by atoms with Gasteiger partial charge in [-0.25, -0.2) is 0 Å². The zero-order valence-corrected chi connectivity index (χ0v) is 14.3. The maximum Gasteiger partial charge on any atom is 0.269 e. The molecule has 1 aliphatic heterocycles. The molecule has 1 aromatic heterocycles. The number of hydrogen-bond acceptors (Lipinski definition) is 4. The quantitative estimate of drug-likeness (QED) is 0.658. The van der Waals surface area contributed by atoms with Crippen molar-refractivity contribution in [3.8, 4) is 17.4 Å². The number of amides is 2. The van der Waals surface area contributed by atoms with Crippen molar-refractivity contribution in [3.63, 3.8) is 0 Å². The second-order valence-electron chi connectivity index (χ2n) is 5.57. The van der Waals surface area contributed by atoms with Crippen LogP contribution in [-0.2, 0) is 9.59 Å². The molecule has 5 nitrogen and oxygen atoms in total. The number of carbonyl (C=O) groups is 2. The number of nitriles is 1. The minimum Gasteiger partial charge on any atom is -0.457 e. The molecule has 0 aliphatic carbocycles. The summed E-state index contributed by atoms with van der Waals surface area (Å²) in [6, 6.07) is 10.8. The zero-order valence-electron chi connectivity index (χ0n) is 13.5. The van der Waals surface area contributed by atoms with Gasteiger partial charge >= 0.3 is 0 Å². The van der Waals surface area contributed by atoms with Crippen molar-refractivity contribution in [2.75, 3.05) is 0 Å². The van der Waals surface area contributed by atoms with Gasteiger partial charge in [0, 0.05) is 16.2 Å². The third-order valence-electron chi connectivity index (χ3n) is 4.04. The van der Waals surface area contributed by atoms with Gasteiger partial charge in [0.1, 0.15) is 23.2 Å². The van der Waals surface area contributed by atoms with Crippen LogP contribution in [0.5, 0.6) is 0 Å². The molecular formula is C19H13ClN2O3. The van der Waals surface area contributed by atoms with E-state index in [1.807, 2.05) is 25.1 Å². The van der Waals surface area contributed by atoms with E-state index in [2.05, 4.69) is 5.32 Å². The Morgan fingerprint density at radius 2 is 1.92 bits per heavy atom. The highest BCUT2D eigenvalue weighted by Crippen LogP contribution is 2.31. The van der Waals surface area contributed by atoms with Crippen LogP contribution < -0.4 is 5.32 Å². The number of imide groups is 1. The molecule has 0 spiro atoms.